The van der Waals surface area contributed by atoms with Crippen LogP contribution in [0, 0.1) is 11.8 Å². The lowest BCUT2D eigenvalue weighted by Gasteiger charge is -2.26. The highest BCUT2D eigenvalue weighted by Crippen LogP contribution is 2.51. The molecule has 2 aliphatic rings. The van der Waals surface area contributed by atoms with E-state index in [0.717, 1.165) is 78.2 Å². The molecule has 0 bridgehead atoms. The van der Waals surface area contributed by atoms with Crippen LogP contribution in [-0.2, 0) is 9.59 Å². The average molecular weight is 1370 g/mol. The first-order valence-corrected chi connectivity index (χ1v) is 43.7. The maximum atomic E-state index is 15.8. The van der Waals surface area contributed by atoms with Crippen molar-refractivity contribution in [2.24, 2.45) is 11.8 Å². The van der Waals surface area contributed by atoms with Crippen molar-refractivity contribution in [2.45, 2.75) is 387 Å². The molecule has 6 rings (SSSR count). The Morgan fingerprint density at radius 1 is 0.287 bits per heavy atom. The van der Waals surface area contributed by atoms with E-state index in [4.69, 9.17) is 0 Å². The Bertz CT molecular complexity index is 2420. The fraction of sp³-hybridized carbons (Fsp3) is 0.762. The summed E-state index contributed by atoms with van der Waals surface area (Å²) in [5.74, 6) is 1.20. The van der Waals surface area contributed by atoms with E-state index in [1.807, 2.05) is 21.9 Å². The van der Waals surface area contributed by atoms with E-state index < -0.39 is 0 Å². The summed E-state index contributed by atoms with van der Waals surface area (Å²) in [6, 6.07) is 8.26. The Morgan fingerprint density at radius 2 is 0.500 bits per heavy atom. The third-order valence-electron chi connectivity index (χ3n) is 21.2. The summed E-state index contributed by atoms with van der Waals surface area (Å²) in [5.41, 5.74) is 2.71. The molecular weight excluding hydrogens is 1230 g/mol. The molecule has 2 aliphatic heterocycles. The number of rotatable bonds is 64. The van der Waals surface area contributed by atoms with Crippen molar-refractivity contribution in [1.82, 2.24) is 9.80 Å². The molecule has 0 spiro atoms. The summed E-state index contributed by atoms with van der Waals surface area (Å²) in [6.45, 7) is 10.4. The minimum atomic E-state index is -0.0400. The lowest BCUT2D eigenvalue weighted by molar-refractivity contribution is -0.124. The summed E-state index contributed by atoms with van der Waals surface area (Å²) < 4.78 is 4.13. The van der Waals surface area contributed by atoms with Crippen molar-refractivity contribution >= 4 is 99.9 Å². The molecule has 10 heteroatoms. The standard InChI is InChI=1S/C84H136N2O4S4/c1-5-9-13-17-21-25-29-33-37-41-45-49-55-69(56-50-46-42-38-34-30-26-22-18-14-10-6-2)59-53-61-85-81(77-65-75-73(93-77)63-71(67-87)91-75)79-80(83(85)89)82(78-66-76-74(94-78)64-72(68-88)92-76)86(84(79)90)62-54-60-70(57-51-47-43-39-35-31-27-23-19-15-11-7-3)58-52-48-44-40-36-32-28-24-20-16-12-8-4/h63-70H,5-62H2,1-4H3. The zero-order chi connectivity index (χ0) is 66.5. The number of unbranched alkanes of at least 4 members (excludes halogenated alkanes) is 44. The molecule has 0 atom stereocenters. The van der Waals surface area contributed by atoms with Gasteiger partial charge in [0.25, 0.3) is 11.8 Å². The second-order valence-corrected chi connectivity index (χ2v) is 33.7. The van der Waals surface area contributed by atoms with Gasteiger partial charge in [-0.1, -0.05) is 362 Å². The van der Waals surface area contributed by atoms with E-state index in [1.165, 1.54) is 357 Å². The Morgan fingerprint density at radius 3 is 0.723 bits per heavy atom. The van der Waals surface area contributed by atoms with Crippen molar-refractivity contribution in [1.29, 1.82) is 0 Å². The first-order chi connectivity index (χ1) is 46.3. The Balaban J connectivity index is 1.15. The van der Waals surface area contributed by atoms with Crippen LogP contribution in [0.5, 0.6) is 0 Å². The predicted octanol–water partition coefficient (Wildman–Crippen LogP) is 28.8. The summed E-state index contributed by atoms with van der Waals surface area (Å²) in [7, 11) is 0. The Kier molecular flexibility index (Phi) is 42.9. The molecule has 0 aliphatic carbocycles. The van der Waals surface area contributed by atoms with Crippen molar-refractivity contribution < 1.29 is 19.2 Å². The topological polar surface area (TPSA) is 74.8 Å². The monoisotopic (exact) mass is 1360 g/mol. The van der Waals surface area contributed by atoms with E-state index in [2.05, 4.69) is 39.8 Å². The molecule has 0 N–H and O–H groups in total. The molecule has 0 fully saturated rings. The number of carbonyl (C=O) groups is 4. The van der Waals surface area contributed by atoms with Gasteiger partial charge in [-0.3, -0.25) is 19.2 Å². The molecule has 6 heterocycles. The summed E-state index contributed by atoms with van der Waals surface area (Å²) >= 11 is 6.24. The van der Waals surface area contributed by atoms with E-state index >= 15 is 9.59 Å². The largest absolute Gasteiger partial charge is 0.306 e. The van der Waals surface area contributed by atoms with E-state index in [9.17, 15) is 9.59 Å². The highest BCUT2D eigenvalue weighted by atomic mass is 32.1. The molecule has 530 valence electrons. The van der Waals surface area contributed by atoms with Gasteiger partial charge >= 0.3 is 0 Å². The highest BCUT2D eigenvalue weighted by molar-refractivity contribution is 7.29. The molecule has 4 aromatic heterocycles. The van der Waals surface area contributed by atoms with Gasteiger partial charge in [-0.25, -0.2) is 0 Å². The lowest BCUT2D eigenvalue weighted by atomic mass is 9.90. The zero-order valence-electron chi connectivity index (χ0n) is 60.8. The number of thiophene rings is 4. The lowest BCUT2D eigenvalue weighted by Crippen LogP contribution is -2.31. The number of aldehydes is 2. The highest BCUT2D eigenvalue weighted by Gasteiger charge is 2.49. The zero-order valence-corrected chi connectivity index (χ0v) is 64.1. The van der Waals surface area contributed by atoms with Crippen molar-refractivity contribution in [3.05, 3.63) is 54.9 Å². The van der Waals surface area contributed by atoms with Gasteiger partial charge in [-0.15, -0.1) is 45.3 Å². The van der Waals surface area contributed by atoms with Gasteiger partial charge in [0.05, 0.1) is 42.0 Å². The van der Waals surface area contributed by atoms with Gasteiger partial charge in [-0.05, 0) is 61.8 Å². The van der Waals surface area contributed by atoms with Gasteiger partial charge < -0.3 is 9.80 Å². The van der Waals surface area contributed by atoms with E-state index in [0.29, 0.717) is 45.8 Å². The molecule has 0 aromatic carbocycles. The Hall–Kier alpha value is -2.92. The maximum Gasteiger partial charge on any atom is 0.261 e. The number of hydrogen-bond acceptors (Lipinski definition) is 8. The molecule has 6 nitrogen and oxygen atoms in total. The first-order valence-electron chi connectivity index (χ1n) is 40.5. The molecule has 94 heavy (non-hydrogen) atoms. The Labute approximate surface area is 591 Å². The minimum Gasteiger partial charge on any atom is -0.306 e. The van der Waals surface area contributed by atoms with Crippen LogP contribution in [0.2, 0.25) is 0 Å². The molecule has 0 radical (unpaired) electrons. The predicted molar refractivity (Wildman–Crippen MR) is 416 cm³/mol. The maximum absolute atomic E-state index is 15.8. The third-order valence-corrected chi connectivity index (χ3v) is 25.6. The van der Waals surface area contributed by atoms with Crippen molar-refractivity contribution in [2.75, 3.05) is 13.1 Å². The third kappa shape index (κ3) is 29.5. The molecule has 0 saturated carbocycles. The number of fused-ring (bicyclic) bond motifs is 3. The minimum absolute atomic E-state index is 0.0400. The summed E-state index contributed by atoms with van der Waals surface area (Å²) in [6.07, 6.45) is 76.5. The van der Waals surface area contributed by atoms with Gasteiger partial charge in [0.2, 0.25) is 0 Å². The smallest absolute Gasteiger partial charge is 0.261 e. The average Bonchev–Trinajstić information content (AvgIpc) is 1.55. The van der Waals surface area contributed by atoms with Gasteiger partial charge in [0.1, 0.15) is 0 Å². The number of nitrogens with zero attached hydrogens (tertiary/aromatic N) is 2. The molecule has 4 aromatic rings. The van der Waals surface area contributed by atoms with Crippen LogP contribution in [-0.4, -0.2) is 47.3 Å². The molecule has 0 unspecified atom stereocenters. The second-order valence-electron chi connectivity index (χ2n) is 29.3. The first kappa shape index (κ1) is 80.1. The van der Waals surface area contributed by atoms with Crippen LogP contribution in [0.3, 0.4) is 0 Å². The molecular formula is C84H136N2O4S4. The van der Waals surface area contributed by atoms with Gasteiger partial charge in [0, 0.05) is 31.9 Å². The quantitative estimate of drug-likeness (QED) is 0.0326. The van der Waals surface area contributed by atoms with Gasteiger partial charge in [0.15, 0.2) is 12.6 Å². The fourth-order valence-electron chi connectivity index (χ4n) is 15.4. The number of hydrogen-bond donors (Lipinski definition) is 0. The van der Waals surface area contributed by atoms with Crippen LogP contribution in [0.4, 0.5) is 0 Å². The number of amides is 2. The number of carbonyl (C=O) groups excluding carboxylic acids is 4. The summed E-state index contributed by atoms with van der Waals surface area (Å²) in [5, 5.41) is 0. The van der Waals surface area contributed by atoms with E-state index in [-0.39, 0.29) is 11.8 Å². The normalized spacial score (nSPS) is 13.6. The SMILES string of the molecule is CCCCCCCCCCCCCCC(CCCCCCCCCCCCCC)CCCN1C(=O)C2=C(c3cc4sc(C=O)cc4s3)N(CCCC(CCCCCCCCCCCCCC)CCCCCCCCCCCCCC)C(=O)C2=C1c1cc2sc(C=O)cc2s1. The van der Waals surface area contributed by atoms with E-state index in [1.54, 1.807) is 22.7 Å². The van der Waals surface area contributed by atoms with Crippen molar-refractivity contribution in [3.8, 4) is 0 Å². The summed E-state index contributed by atoms with van der Waals surface area (Å²) in [4.78, 5) is 62.9. The second kappa shape index (κ2) is 50.4. The van der Waals surface area contributed by atoms with Crippen molar-refractivity contribution in [3.63, 3.8) is 0 Å². The molecule has 0 saturated heterocycles. The van der Waals surface area contributed by atoms with Crippen LogP contribution < -0.4 is 0 Å². The van der Waals surface area contributed by atoms with Crippen LogP contribution >= 0.6 is 45.3 Å². The van der Waals surface area contributed by atoms with Gasteiger partial charge in [-0.2, -0.15) is 0 Å². The fourth-order valence-corrected chi connectivity index (χ4v) is 20.0. The van der Waals surface area contributed by atoms with Crippen LogP contribution in [0.1, 0.15) is 416 Å². The van der Waals surface area contributed by atoms with Crippen LogP contribution in [0.25, 0.3) is 30.2 Å². The van der Waals surface area contributed by atoms with Crippen LogP contribution in [0.15, 0.2) is 35.4 Å². The molecule has 2 amide bonds.